The second-order valence-corrected chi connectivity index (χ2v) is 5.71. The highest BCUT2D eigenvalue weighted by atomic mass is 19.2. The average Bonchev–Trinajstić information content (AvgIpc) is 2.69. The van der Waals surface area contributed by atoms with Crippen molar-refractivity contribution in [3.63, 3.8) is 0 Å². The van der Waals surface area contributed by atoms with Gasteiger partial charge in [0.2, 0.25) is 6.20 Å². The molecule has 7 heteroatoms. The first-order valence-electron chi connectivity index (χ1n) is 8.07. The number of nitrogens with one attached hydrogen (secondary N) is 1. The average molecular weight is 373 g/mol. The maximum absolute atomic E-state index is 14.1. The van der Waals surface area contributed by atoms with Gasteiger partial charge in [0.25, 0.3) is 11.6 Å². The summed E-state index contributed by atoms with van der Waals surface area (Å²) in [5.74, 6) is -3.35. The van der Waals surface area contributed by atoms with Gasteiger partial charge in [0.15, 0.2) is 11.6 Å². The van der Waals surface area contributed by atoms with Gasteiger partial charge in [0.05, 0.1) is 5.56 Å². The highest BCUT2D eigenvalue weighted by molar-refractivity contribution is 5.95. The fourth-order valence-electron chi connectivity index (χ4n) is 2.60. The summed E-state index contributed by atoms with van der Waals surface area (Å²) in [6.07, 6.45) is 1.67. The third-order valence-electron chi connectivity index (χ3n) is 3.99. The lowest BCUT2D eigenvalue weighted by molar-refractivity contribution is -0.890. The van der Waals surface area contributed by atoms with Gasteiger partial charge < -0.3 is 5.32 Å². The van der Waals surface area contributed by atoms with Crippen LogP contribution in [0.15, 0.2) is 60.8 Å². The van der Waals surface area contributed by atoms with E-state index in [9.17, 15) is 18.0 Å². The maximum atomic E-state index is 14.1. The van der Waals surface area contributed by atoms with E-state index in [2.05, 4.69) is 5.32 Å². The molecule has 0 radical (unpaired) electrons. The summed E-state index contributed by atoms with van der Waals surface area (Å²) in [6.45, 7) is 0.113. The van der Waals surface area contributed by atoms with Gasteiger partial charge in [0, 0.05) is 16.9 Å². The zero-order valence-electron chi connectivity index (χ0n) is 14.4. The van der Waals surface area contributed by atoms with Gasteiger partial charge in [-0.2, -0.15) is 0 Å². The number of carbonyl (C=O) groups excluding carboxylic acids is 1. The summed E-state index contributed by atoms with van der Waals surface area (Å²) in [5.41, 5.74) is 1.19. The molecule has 138 valence electrons. The van der Waals surface area contributed by atoms with Crippen molar-refractivity contribution in [2.24, 2.45) is 0 Å². The van der Waals surface area contributed by atoms with Crippen molar-refractivity contribution in [3.05, 3.63) is 89.5 Å². The van der Waals surface area contributed by atoms with Gasteiger partial charge >= 0.3 is 0 Å². The predicted molar refractivity (Wildman–Crippen MR) is 92.1 cm³/mol. The molecule has 0 fully saturated rings. The summed E-state index contributed by atoms with van der Waals surface area (Å²) >= 11 is 0. The number of nitrogens with zero attached hydrogens (tertiary/aromatic N) is 1. The topological polar surface area (TPSA) is 42.2 Å². The normalized spacial score (nSPS) is 10.5. The van der Waals surface area contributed by atoms with Crippen LogP contribution < -0.4 is 14.9 Å². The molecule has 4 nitrogen and oxygen atoms in total. The van der Waals surface area contributed by atoms with Crippen LogP contribution in [-0.4, -0.2) is 13.0 Å². The molecule has 0 aliphatic carbocycles. The molecule has 0 saturated heterocycles. The number of rotatable bonds is 5. The van der Waals surface area contributed by atoms with Crippen LogP contribution >= 0.6 is 0 Å². The Morgan fingerprint density at radius 1 is 0.963 bits per heavy atom. The number of pyridine rings is 1. The van der Waals surface area contributed by atoms with Crippen LogP contribution in [0.2, 0.25) is 0 Å². The standard InChI is InChI=1S/C20H15F3N2O2/c1-27-25-9-3-2-4-15(25)12-24-20(26)16-10-13(5-7-17(16)21)14-6-8-18(22)19(23)11-14/h2-11H,12H2,1H3/p+1. The van der Waals surface area contributed by atoms with Crippen molar-refractivity contribution in [3.8, 4) is 11.1 Å². The molecule has 2 aromatic carbocycles. The molecule has 0 aliphatic heterocycles. The quantitative estimate of drug-likeness (QED) is 0.699. The Labute approximate surface area is 153 Å². The lowest BCUT2D eigenvalue weighted by Gasteiger charge is -2.08. The maximum Gasteiger partial charge on any atom is 0.254 e. The van der Waals surface area contributed by atoms with Gasteiger partial charge in [-0.05, 0) is 41.5 Å². The highest BCUT2D eigenvalue weighted by Crippen LogP contribution is 2.24. The van der Waals surface area contributed by atoms with Gasteiger partial charge in [-0.15, -0.1) is 0 Å². The number of benzene rings is 2. The van der Waals surface area contributed by atoms with E-state index in [1.165, 1.54) is 30.0 Å². The lowest BCUT2D eigenvalue weighted by atomic mass is 10.0. The molecule has 0 spiro atoms. The van der Waals surface area contributed by atoms with Crippen molar-refractivity contribution in [2.75, 3.05) is 7.11 Å². The minimum Gasteiger partial charge on any atom is -0.342 e. The molecule has 27 heavy (non-hydrogen) atoms. The van der Waals surface area contributed by atoms with Crippen molar-refractivity contribution >= 4 is 5.91 Å². The van der Waals surface area contributed by atoms with Crippen LogP contribution in [0.3, 0.4) is 0 Å². The van der Waals surface area contributed by atoms with E-state index in [-0.39, 0.29) is 12.1 Å². The summed E-state index contributed by atoms with van der Waals surface area (Å²) in [6, 6.07) is 12.4. The fourth-order valence-corrected chi connectivity index (χ4v) is 2.60. The van der Waals surface area contributed by atoms with E-state index in [0.29, 0.717) is 16.8 Å². The van der Waals surface area contributed by atoms with E-state index in [4.69, 9.17) is 4.84 Å². The van der Waals surface area contributed by atoms with Crippen molar-refractivity contribution in [1.29, 1.82) is 0 Å². The van der Waals surface area contributed by atoms with Crippen LogP contribution in [-0.2, 0) is 6.54 Å². The van der Waals surface area contributed by atoms with Crippen molar-refractivity contribution in [2.45, 2.75) is 6.54 Å². The van der Waals surface area contributed by atoms with E-state index in [0.717, 1.165) is 18.2 Å². The molecule has 1 aromatic heterocycles. The Kier molecular flexibility index (Phi) is 5.40. The molecular formula is C20H16F3N2O2+. The molecule has 0 bridgehead atoms. The van der Waals surface area contributed by atoms with Gasteiger partial charge in [-0.3, -0.25) is 9.63 Å². The molecule has 0 saturated carbocycles. The molecule has 0 atom stereocenters. The number of hydrogen-bond donors (Lipinski definition) is 1. The van der Waals surface area contributed by atoms with Crippen LogP contribution in [0.4, 0.5) is 13.2 Å². The zero-order chi connectivity index (χ0) is 19.4. The Balaban J connectivity index is 1.83. The zero-order valence-corrected chi connectivity index (χ0v) is 14.4. The second kappa shape index (κ2) is 7.90. The monoisotopic (exact) mass is 373 g/mol. The molecule has 1 N–H and O–H groups in total. The van der Waals surface area contributed by atoms with Crippen molar-refractivity contribution in [1.82, 2.24) is 5.32 Å². The van der Waals surface area contributed by atoms with Gasteiger partial charge in [0.1, 0.15) is 19.5 Å². The number of amides is 1. The van der Waals surface area contributed by atoms with Gasteiger partial charge in [-0.25, -0.2) is 13.2 Å². The molecule has 0 unspecified atom stereocenters. The third kappa shape index (κ3) is 4.08. The third-order valence-corrected chi connectivity index (χ3v) is 3.99. The predicted octanol–water partition coefficient (Wildman–Crippen LogP) is 3.05. The highest BCUT2D eigenvalue weighted by Gasteiger charge is 2.17. The largest absolute Gasteiger partial charge is 0.342 e. The molecule has 0 aliphatic rings. The van der Waals surface area contributed by atoms with E-state index >= 15 is 0 Å². The summed E-state index contributed by atoms with van der Waals surface area (Å²) < 4.78 is 42.1. The van der Waals surface area contributed by atoms with Crippen LogP contribution in [0.5, 0.6) is 0 Å². The molecule has 1 amide bonds. The SMILES string of the molecule is CO[n+]1ccccc1CNC(=O)c1cc(-c2ccc(F)c(F)c2)ccc1F. The molecular weight excluding hydrogens is 357 g/mol. The van der Waals surface area contributed by atoms with E-state index in [1.54, 1.807) is 24.4 Å². The van der Waals surface area contributed by atoms with Crippen molar-refractivity contribution < 1.29 is 27.5 Å². The van der Waals surface area contributed by atoms with E-state index < -0.39 is 23.4 Å². The Morgan fingerprint density at radius 3 is 2.37 bits per heavy atom. The summed E-state index contributed by atoms with van der Waals surface area (Å²) in [4.78, 5) is 17.5. The van der Waals surface area contributed by atoms with Gasteiger partial charge in [-0.1, -0.05) is 12.1 Å². The number of halogens is 3. The van der Waals surface area contributed by atoms with E-state index in [1.807, 2.05) is 0 Å². The van der Waals surface area contributed by atoms with Crippen LogP contribution in [0.25, 0.3) is 11.1 Å². The Bertz CT molecular complexity index is 993. The fraction of sp³-hybridized carbons (Fsp3) is 0.100. The summed E-state index contributed by atoms with van der Waals surface area (Å²) in [5, 5.41) is 2.62. The first kappa shape index (κ1) is 18.4. The Morgan fingerprint density at radius 2 is 1.67 bits per heavy atom. The number of carbonyl (C=O) groups is 1. The smallest absolute Gasteiger partial charge is 0.254 e. The number of hydrogen-bond acceptors (Lipinski definition) is 2. The minimum absolute atomic E-state index is 0.113. The summed E-state index contributed by atoms with van der Waals surface area (Å²) in [7, 11) is 1.48. The van der Waals surface area contributed by atoms with Crippen LogP contribution in [0.1, 0.15) is 16.1 Å². The molecule has 3 rings (SSSR count). The lowest BCUT2D eigenvalue weighted by Crippen LogP contribution is -2.45. The first-order valence-corrected chi connectivity index (χ1v) is 8.07. The minimum atomic E-state index is -1.02. The molecule has 1 heterocycles. The number of aromatic nitrogens is 1. The molecule has 3 aromatic rings. The Hall–Kier alpha value is -3.35. The first-order chi connectivity index (χ1) is 13.0. The second-order valence-electron chi connectivity index (χ2n) is 5.71. The van der Waals surface area contributed by atoms with Crippen LogP contribution in [0, 0.1) is 17.5 Å².